The second kappa shape index (κ2) is 8.86. The van der Waals surface area contributed by atoms with Crippen LogP contribution in [0.5, 0.6) is 5.75 Å². The van der Waals surface area contributed by atoms with Crippen molar-refractivity contribution in [3.63, 3.8) is 0 Å². The van der Waals surface area contributed by atoms with Crippen LogP contribution in [0.15, 0.2) is 54.6 Å². The van der Waals surface area contributed by atoms with Gasteiger partial charge in [0.2, 0.25) is 5.91 Å². The highest BCUT2D eigenvalue weighted by Crippen LogP contribution is 2.35. The molecule has 1 heterocycles. The third kappa shape index (κ3) is 4.32. The van der Waals surface area contributed by atoms with E-state index in [1.807, 2.05) is 48.5 Å². The molecule has 1 saturated heterocycles. The van der Waals surface area contributed by atoms with Gasteiger partial charge >= 0.3 is 6.09 Å². The number of carboxylic acid groups (broad SMARTS) is 1. The predicted octanol–water partition coefficient (Wildman–Crippen LogP) is 3.02. The molecule has 0 atom stereocenters. The first-order valence-corrected chi connectivity index (χ1v) is 9.36. The summed E-state index contributed by atoms with van der Waals surface area (Å²) in [4.78, 5) is 26.4. The highest BCUT2D eigenvalue weighted by atomic mass is 16.5. The van der Waals surface area contributed by atoms with E-state index in [0.29, 0.717) is 50.6 Å². The molecule has 2 N–H and O–H groups in total. The lowest BCUT2D eigenvalue weighted by molar-refractivity contribution is -0.116. The standard InChI is InChI=1S/C21H25N3O4/c1-28-19-10-6-5-9-18(19)24(21(26)27)15-13-23(14-16-24)12-11-20(25)22-17-7-3-2-4-8-17/h2-10H,11-16H2,1H3,(H-,22,25,26,27)/p+1. The Morgan fingerprint density at radius 2 is 1.71 bits per heavy atom. The lowest BCUT2D eigenvalue weighted by Gasteiger charge is -2.40. The lowest BCUT2D eigenvalue weighted by atomic mass is 10.1. The van der Waals surface area contributed by atoms with Crippen LogP contribution in [0.4, 0.5) is 16.2 Å². The van der Waals surface area contributed by atoms with Crippen molar-refractivity contribution in [1.82, 2.24) is 9.38 Å². The number of hydrogen-bond acceptors (Lipinski definition) is 4. The van der Waals surface area contributed by atoms with Gasteiger partial charge < -0.3 is 15.2 Å². The summed E-state index contributed by atoms with van der Waals surface area (Å²) in [5, 5.41) is 12.8. The van der Waals surface area contributed by atoms with Gasteiger partial charge in [0.05, 0.1) is 7.11 Å². The molecule has 7 heteroatoms. The van der Waals surface area contributed by atoms with Crippen LogP contribution in [0, 0.1) is 0 Å². The molecule has 148 valence electrons. The molecule has 28 heavy (non-hydrogen) atoms. The number of carbonyl (C=O) groups excluding carboxylic acids is 1. The number of rotatable bonds is 6. The van der Waals surface area contributed by atoms with Gasteiger partial charge in [0, 0.05) is 37.8 Å². The Kier molecular flexibility index (Phi) is 6.28. The van der Waals surface area contributed by atoms with E-state index in [0.717, 1.165) is 5.69 Å². The molecule has 0 radical (unpaired) electrons. The first-order valence-electron chi connectivity index (χ1n) is 9.36. The number of methoxy groups -OCH3 is 1. The number of benzene rings is 2. The highest BCUT2D eigenvalue weighted by molar-refractivity contribution is 5.90. The van der Waals surface area contributed by atoms with E-state index in [1.165, 1.54) is 0 Å². The number of quaternary nitrogens is 1. The summed E-state index contributed by atoms with van der Waals surface area (Å²) >= 11 is 0. The smallest absolute Gasteiger partial charge is 0.491 e. The Balaban J connectivity index is 1.59. The number of nitrogens with zero attached hydrogens (tertiary/aromatic N) is 2. The molecule has 2 amide bonds. The van der Waals surface area contributed by atoms with Crippen molar-refractivity contribution < 1.29 is 19.4 Å². The Morgan fingerprint density at radius 3 is 2.36 bits per heavy atom. The molecular formula is C21H26N3O4+. The van der Waals surface area contributed by atoms with Crippen LogP contribution < -0.4 is 14.5 Å². The van der Waals surface area contributed by atoms with Crippen LogP contribution in [-0.4, -0.2) is 61.8 Å². The van der Waals surface area contributed by atoms with E-state index >= 15 is 0 Å². The Labute approximate surface area is 164 Å². The van der Waals surface area contributed by atoms with Gasteiger partial charge in [0.15, 0.2) is 11.4 Å². The molecule has 0 saturated carbocycles. The number of ether oxygens (including phenoxy) is 1. The maximum absolute atomic E-state index is 12.2. The van der Waals surface area contributed by atoms with Crippen LogP contribution in [0.2, 0.25) is 0 Å². The average molecular weight is 384 g/mol. The van der Waals surface area contributed by atoms with Crippen molar-refractivity contribution in [3.05, 3.63) is 54.6 Å². The summed E-state index contributed by atoms with van der Waals surface area (Å²) in [5.41, 5.74) is 1.45. The summed E-state index contributed by atoms with van der Waals surface area (Å²) in [6.07, 6.45) is -0.512. The van der Waals surface area contributed by atoms with E-state index in [9.17, 15) is 14.7 Å². The van der Waals surface area contributed by atoms with Crippen molar-refractivity contribution in [2.75, 3.05) is 45.2 Å². The van der Waals surface area contributed by atoms with Crippen LogP contribution in [0.25, 0.3) is 0 Å². The Bertz CT molecular complexity index is 817. The van der Waals surface area contributed by atoms with Gasteiger partial charge in [0.1, 0.15) is 13.1 Å². The van der Waals surface area contributed by atoms with E-state index < -0.39 is 6.09 Å². The quantitative estimate of drug-likeness (QED) is 0.749. The molecule has 7 nitrogen and oxygen atoms in total. The van der Waals surface area contributed by atoms with Crippen LogP contribution in [0.1, 0.15) is 6.42 Å². The summed E-state index contributed by atoms with van der Waals surface area (Å²) in [6, 6.07) is 16.6. The normalized spacial score (nSPS) is 16.3. The number of para-hydroxylation sites is 3. The van der Waals surface area contributed by atoms with Gasteiger partial charge in [0.25, 0.3) is 0 Å². The number of carbonyl (C=O) groups is 2. The number of amides is 2. The number of anilines is 1. The molecule has 3 rings (SSSR count). The number of piperazine rings is 1. The molecule has 1 fully saturated rings. The SMILES string of the molecule is COc1ccccc1[N+]1(C(=O)O)CCN(CCC(=O)Nc2ccccc2)CC1. The molecule has 0 aromatic heterocycles. The molecular weight excluding hydrogens is 358 g/mol. The van der Waals surface area contributed by atoms with Crippen LogP contribution in [0.3, 0.4) is 0 Å². The van der Waals surface area contributed by atoms with Crippen molar-refractivity contribution in [3.8, 4) is 5.75 Å². The minimum absolute atomic E-state index is 0.0412. The Morgan fingerprint density at radius 1 is 1.07 bits per heavy atom. The molecule has 0 aliphatic carbocycles. The number of nitrogens with one attached hydrogen (secondary N) is 1. The largest absolute Gasteiger partial charge is 0.518 e. The zero-order valence-electron chi connectivity index (χ0n) is 16.0. The summed E-state index contributed by atoms with van der Waals surface area (Å²) in [7, 11) is 1.55. The van der Waals surface area contributed by atoms with Gasteiger partial charge in [-0.1, -0.05) is 30.3 Å². The molecule has 2 aromatic rings. The van der Waals surface area contributed by atoms with Crippen LogP contribution >= 0.6 is 0 Å². The van der Waals surface area contributed by atoms with E-state index in [-0.39, 0.29) is 10.4 Å². The third-order valence-corrected chi connectivity index (χ3v) is 5.22. The first-order chi connectivity index (χ1) is 13.5. The van der Waals surface area contributed by atoms with Crippen LogP contribution in [-0.2, 0) is 4.79 Å². The maximum Gasteiger partial charge on any atom is 0.518 e. The minimum Gasteiger partial charge on any atom is -0.491 e. The second-order valence-electron chi connectivity index (χ2n) is 6.88. The van der Waals surface area contributed by atoms with Crippen molar-refractivity contribution in [2.45, 2.75) is 6.42 Å². The van der Waals surface area contributed by atoms with E-state index in [1.54, 1.807) is 13.2 Å². The van der Waals surface area contributed by atoms with Crippen molar-refractivity contribution >= 4 is 23.4 Å². The molecule has 1 aliphatic rings. The zero-order valence-corrected chi connectivity index (χ0v) is 16.0. The second-order valence-corrected chi connectivity index (χ2v) is 6.88. The van der Waals surface area contributed by atoms with Gasteiger partial charge in [-0.25, -0.2) is 0 Å². The zero-order chi connectivity index (χ0) is 20.0. The minimum atomic E-state index is -0.883. The summed E-state index contributed by atoms with van der Waals surface area (Å²) < 4.78 is 5.23. The third-order valence-electron chi connectivity index (χ3n) is 5.22. The average Bonchev–Trinajstić information content (AvgIpc) is 2.73. The topological polar surface area (TPSA) is 78.9 Å². The van der Waals surface area contributed by atoms with Gasteiger partial charge in [-0.3, -0.25) is 9.69 Å². The highest BCUT2D eigenvalue weighted by Gasteiger charge is 2.44. The molecule has 1 aliphatic heterocycles. The number of hydrogen-bond donors (Lipinski definition) is 2. The molecule has 2 aromatic carbocycles. The fourth-order valence-corrected chi connectivity index (χ4v) is 3.59. The molecule has 0 spiro atoms. The van der Waals surface area contributed by atoms with E-state index in [2.05, 4.69) is 10.2 Å². The molecule has 0 unspecified atom stereocenters. The van der Waals surface area contributed by atoms with Crippen molar-refractivity contribution in [1.29, 1.82) is 0 Å². The fraction of sp³-hybridized carbons (Fsp3) is 0.333. The van der Waals surface area contributed by atoms with Crippen molar-refractivity contribution in [2.24, 2.45) is 0 Å². The summed E-state index contributed by atoms with van der Waals surface area (Å²) in [5.74, 6) is 0.543. The predicted molar refractivity (Wildman–Crippen MR) is 109 cm³/mol. The lowest BCUT2D eigenvalue weighted by Crippen LogP contribution is -2.63. The maximum atomic E-state index is 12.2. The monoisotopic (exact) mass is 384 g/mol. The fourth-order valence-electron chi connectivity index (χ4n) is 3.59. The van der Waals surface area contributed by atoms with Gasteiger partial charge in [-0.15, -0.1) is 0 Å². The van der Waals surface area contributed by atoms with E-state index in [4.69, 9.17) is 4.74 Å². The van der Waals surface area contributed by atoms with Gasteiger partial charge in [-0.2, -0.15) is 9.28 Å². The first kappa shape index (κ1) is 19.9. The Hall–Kier alpha value is -2.90. The van der Waals surface area contributed by atoms with Gasteiger partial charge in [-0.05, 0) is 18.2 Å². The summed E-state index contributed by atoms with van der Waals surface area (Å²) in [6.45, 7) is 2.65. The molecule has 0 bridgehead atoms.